The van der Waals surface area contributed by atoms with Crippen molar-refractivity contribution >= 4 is 39.1 Å². The van der Waals surface area contributed by atoms with Crippen LogP contribution in [0.3, 0.4) is 0 Å². The summed E-state index contributed by atoms with van der Waals surface area (Å²) in [5, 5.41) is 11.0. The minimum Gasteiger partial charge on any atom is -0.618 e. The summed E-state index contributed by atoms with van der Waals surface area (Å²) < 4.78 is 1.10. The van der Waals surface area contributed by atoms with E-state index in [1.807, 2.05) is 0 Å². The third-order valence-corrected chi connectivity index (χ3v) is 2.08. The molecule has 0 aliphatic heterocycles. The Morgan fingerprint density at radius 1 is 1.50 bits per heavy atom. The molecule has 1 rings (SSSR count). The summed E-state index contributed by atoms with van der Waals surface area (Å²) in [5.41, 5.74) is 0. The molecule has 10 heavy (non-hydrogen) atoms. The Balaban J connectivity index is 3.31. The van der Waals surface area contributed by atoms with Crippen LogP contribution in [0, 0.1) is 5.21 Å². The summed E-state index contributed by atoms with van der Waals surface area (Å²) in [6.07, 6.45) is 1.29. The van der Waals surface area contributed by atoms with E-state index in [9.17, 15) is 5.21 Å². The standard InChI is InChI=1S/C5H2BrCl2NO/c6-3-1-4(7)5(8)9(10)2-3/h1-2H. The third-order valence-electron chi connectivity index (χ3n) is 0.896. The second-order valence-corrected chi connectivity index (χ2v) is 3.30. The molecule has 0 aromatic carbocycles. The summed E-state index contributed by atoms with van der Waals surface area (Å²) in [7, 11) is 0. The van der Waals surface area contributed by atoms with Gasteiger partial charge in [-0.05, 0) is 33.6 Å². The van der Waals surface area contributed by atoms with Crippen LogP contribution in [0.15, 0.2) is 16.7 Å². The van der Waals surface area contributed by atoms with Crippen molar-refractivity contribution in [3.63, 3.8) is 0 Å². The molecule has 0 fully saturated rings. The Labute approximate surface area is 76.1 Å². The van der Waals surface area contributed by atoms with Crippen LogP contribution in [0.2, 0.25) is 10.2 Å². The van der Waals surface area contributed by atoms with Gasteiger partial charge >= 0.3 is 5.15 Å². The fraction of sp³-hybridized carbons (Fsp3) is 0. The quantitative estimate of drug-likeness (QED) is 0.390. The maximum absolute atomic E-state index is 10.7. The number of nitrogens with zero attached hydrogens (tertiary/aromatic N) is 1. The second kappa shape index (κ2) is 2.95. The molecule has 0 unspecified atom stereocenters. The highest BCUT2D eigenvalue weighted by molar-refractivity contribution is 9.10. The minimum absolute atomic E-state index is 0.00938. The average molecular weight is 243 g/mol. The Morgan fingerprint density at radius 3 is 2.60 bits per heavy atom. The third kappa shape index (κ3) is 1.54. The van der Waals surface area contributed by atoms with Crippen molar-refractivity contribution in [1.29, 1.82) is 0 Å². The zero-order valence-corrected chi connectivity index (χ0v) is 7.74. The van der Waals surface area contributed by atoms with E-state index in [1.165, 1.54) is 6.20 Å². The maximum atomic E-state index is 10.7. The smallest absolute Gasteiger partial charge is 0.305 e. The molecule has 1 aromatic heterocycles. The van der Waals surface area contributed by atoms with Crippen molar-refractivity contribution < 1.29 is 4.73 Å². The van der Waals surface area contributed by atoms with Crippen molar-refractivity contribution in [2.24, 2.45) is 0 Å². The first-order valence-corrected chi connectivity index (χ1v) is 3.90. The molecule has 0 bridgehead atoms. The summed E-state index contributed by atoms with van der Waals surface area (Å²) in [4.78, 5) is 0. The molecule has 0 saturated carbocycles. The van der Waals surface area contributed by atoms with E-state index in [1.54, 1.807) is 6.07 Å². The first-order chi connectivity index (χ1) is 4.61. The van der Waals surface area contributed by atoms with Crippen molar-refractivity contribution in [2.75, 3.05) is 0 Å². The molecular formula is C5H2BrCl2NO. The van der Waals surface area contributed by atoms with Gasteiger partial charge in [-0.25, -0.2) is 0 Å². The minimum atomic E-state index is -0.00938. The molecule has 0 aliphatic carbocycles. The van der Waals surface area contributed by atoms with Crippen molar-refractivity contribution in [2.45, 2.75) is 0 Å². The molecule has 54 valence electrons. The Morgan fingerprint density at radius 2 is 2.10 bits per heavy atom. The van der Waals surface area contributed by atoms with Crippen LogP contribution in [0.5, 0.6) is 0 Å². The van der Waals surface area contributed by atoms with Crippen LogP contribution in [-0.2, 0) is 0 Å². The molecular weight excluding hydrogens is 241 g/mol. The van der Waals surface area contributed by atoms with Crippen molar-refractivity contribution in [3.05, 3.63) is 32.1 Å². The van der Waals surface area contributed by atoms with Crippen molar-refractivity contribution in [3.8, 4) is 0 Å². The molecule has 1 heterocycles. The van der Waals surface area contributed by atoms with Gasteiger partial charge in [0, 0.05) is 0 Å². The predicted octanol–water partition coefficient (Wildman–Crippen LogP) is 2.39. The summed E-state index contributed by atoms with van der Waals surface area (Å²) in [6.45, 7) is 0. The summed E-state index contributed by atoms with van der Waals surface area (Å²) in [5.74, 6) is 0. The lowest BCUT2D eigenvalue weighted by Gasteiger charge is -1.98. The first kappa shape index (κ1) is 8.11. The molecule has 5 heteroatoms. The largest absolute Gasteiger partial charge is 0.618 e. The molecule has 0 amide bonds. The number of pyridine rings is 1. The molecule has 0 aliphatic rings. The van der Waals surface area contributed by atoms with E-state index in [0.29, 0.717) is 9.20 Å². The van der Waals surface area contributed by atoms with Gasteiger partial charge in [-0.3, -0.25) is 0 Å². The fourth-order valence-electron chi connectivity index (χ4n) is 0.492. The monoisotopic (exact) mass is 241 g/mol. The Bertz CT molecular complexity index is 243. The lowest BCUT2D eigenvalue weighted by molar-refractivity contribution is -0.603. The van der Waals surface area contributed by atoms with Crippen LogP contribution in [0.25, 0.3) is 0 Å². The lowest BCUT2D eigenvalue weighted by Crippen LogP contribution is -2.26. The number of hydrogen-bond donors (Lipinski definition) is 0. The molecule has 0 radical (unpaired) electrons. The molecule has 0 saturated heterocycles. The van der Waals surface area contributed by atoms with E-state index in [4.69, 9.17) is 23.2 Å². The van der Waals surface area contributed by atoms with Gasteiger partial charge in [0.2, 0.25) is 0 Å². The summed E-state index contributed by atoms with van der Waals surface area (Å²) >= 11 is 14.1. The van der Waals surface area contributed by atoms with Gasteiger partial charge < -0.3 is 5.21 Å². The fourth-order valence-corrected chi connectivity index (χ4v) is 1.34. The van der Waals surface area contributed by atoms with E-state index in [-0.39, 0.29) is 10.2 Å². The second-order valence-electron chi connectivity index (χ2n) is 1.62. The average Bonchev–Trinajstić information content (AvgIpc) is 1.82. The van der Waals surface area contributed by atoms with Gasteiger partial charge in [-0.15, -0.1) is 0 Å². The van der Waals surface area contributed by atoms with Gasteiger partial charge in [0.25, 0.3) is 0 Å². The molecule has 0 N–H and O–H groups in total. The number of hydrogen-bond acceptors (Lipinski definition) is 1. The topological polar surface area (TPSA) is 26.9 Å². The van der Waals surface area contributed by atoms with Gasteiger partial charge in [-0.1, -0.05) is 11.6 Å². The molecule has 0 spiro atoms. The number of rotatable bonds is 0. The zero-order chi connectivity index (χ0) is 7.72. The van der Waals surface area contributed by atoms with Gasteiger partial charge in [0.15, 0.2) is 6.20 Å². The van der Waals surface area contributed by atoms with E-state index < -0.39 is 0 Å². The Hall–Kier alpha value is 0.01000. The van der Waals surface area contributed by atoms with Crippen LogP contribution in [0.1, 0.15) is 0 Å². The van der Waals surface area contributed by atoms with Crippen LogP contribution in [-0.4, -0.2) is 0 Å². The normalized spacial score (nSPS) is 9.90. The van der Waals surface area contributed by atoms with E-state index in [0.717, 1.165) is 0 Å². The van der Waals surface area contributed by atoms with Crippen molar-refractivity contribution in [1.82, 2.24) is 0 Å². The zero-order valence-electron chi connectivity index (χ0n) is 4.64. The highest BCUT2D eigenvalue weighted by Gasteiger charge is 2.08. The molecule has 1 aromatic rings. The highest BCUT2D eigenvalue weighted by Crippen LogP contribution is 2.20. The first-order valence-electron chi connectivity index (χ1n) is 2.35. The van der Waals surface area contributed by atoms with Crippen LogP contribution >= 0.6 is 39.1 Å². The Kier molecular flexibility index (Phi) is 2.39. The van der Waals surface area contributed by atoms with Gasteiger partial charge in [0.1, 0.15) is 5.02 Å². The lowest BCUT2D eigenvalue weighted by atomic mass is 10.5. The van der Waals surface area contributed by atoms with E-state index in [2.05, 4.69) is 15.9 Å². The van der Waals surface area contributed by atoms with Gasteiger partial charge in [0.05, 0.1) is 4.47 Å². The number of halogens is 3. The molecule has 2 nitrogen and oxygen atoms in total. The highest BCUT2D eigenvalue weighted by atomic mass is 79.9. The summed E-state index contributed by atoms with van der Waals surface area (Å²) in [6, 6.07) is 1.55. The number of aromatic nitrogens is 1. The van der Waals surface area contributed by atoms with Crippen LogP contribution in [0.4, 0.5) is 0 Å². The SMILES string of the molecule is [O-][n+]1cc(Br)cc(Cl)c1Cl. The maximum Gasteiger partial charge on any atom is 0.305 e. The molecule has 0 atom stereocenters. The van der Waals surface area contributed by atoms with Gasteiger partial charge in [-0.2, -0.15) is 4.73 Å². The predicted molar refractivity (Wildman–Crippen MR) is 43.1 cm³/mol. The van der Waals surface area contributed by atoms with E-state index >= 15 is 0 Å². The van der Waals surface area contributed by atoms with Crippen LogP contribution < -0.4 is 4.73 Å².